The van der Waals surface area contributed by atoms with Crippen LogP contribution in [0.25, 0.3) is 0 Å². The second-order valence-electron chi connectivity index (χ2n) is 6.19. The molecule has 2 N–H and O–H groups in total. The fourth-order valence-corrected chi connectivity index (χ4v) is 2.69. The van der Waals surface area contributed by atoms with Crippen molar-refractivity contribution >= 4 is 40.5 Å². The van der Waals surface area contributed by atoms with E-state index < -0.39 is 4.92 Å². The van der Waals surface area contributed by atoms with Gasteiger partial charge in [0.15, 0.2) is 0 Å². The third kappa shape index (κ3) is 5.63. The van der Waals surface area contributed by atoms with Gasteiger partial charge in [0, 0.05) is 34.1 Å². The van der Waals surface area contributed by atoms with Gasteiger partial charge in [0.2, 0.25) is 5.91 Å². The van der Waals surface area contributed by atoms with Crippen molar-refractivity contribution in [3.8, 4) is 0 Å². The van der Waals surface area contributed by atoms with Gasteiger partial charge in [-0.25, -0.2) is 0 Å². The Balaban J connectivity index is 1.57. The summed E-state index contributed by atoms with van der Waals surface area (Å²) in [5.74, 6) is -0.548. The first-order chi connectivity index (χ1) is 13.9. The number of nitro groups is 1. The molecule has 0 aromatic heterocycles. The zero-order valence-electron chi connectivity index (χ0n) is 15.1. The Bertz CT molecular complexity index is 1030. The van der Waals surface area contributed by atoms with Crippen LogP contribution >= 0.6 is 11.6 Å². The second kappa shape index (κ2) is 8.99. The standard InChI is InChI=1S/C21H16ClN3O4/c22-16-5-1-14(2-6-16)13-20(26)23-17-7-3-15(4-8-17)21(27)24-18-9-11-19(12-10-18)25(28)29/h1-12H,13H2,(H,23,26)(H,24,27). The van der Waals surface area contributed by atoms with Gasteiger partial charge in [-0.2, -0.15) is 0 Å². The van der Waals surface area contributed by atoms with E-state index in [2.05, 4.69) is 10.6 Å². The van der Waals surface area contributed by atoms with Crippen molar-refractivity contribution in [2.45, 2.75) is 6.42 Å². The van der Waals surface area contributed by atoms with E-state index in [4.69, 9.17) is 11.6 Å². The van der Waals surface area contributed by atoms with Crippen molar-refractivity contribution in [2.75, 3.05) is 10.6 Å². The van der Waals surface area contributed by atoms with Gasteiger partial charge in [-0.1, -0.05) is 23.7 Å². The quantitative estimate of drug-likeness (QED) is 0.455. The van der Waals surface area contributed by atoms with E-state index in [0.29, 0.717) is 22.0 Å². The summed E-state index contributed by atoms with van der Waals surface area (Å²) in [6.07, 6.45) is 0.208. The van der Waals surface area contributed by atoms with Gasteiger partial charge in [0.05, 0.1) is 11.3 Å². The average molecular weight is 410 g/mol. The summed E-state index contributed by atoms with van der Waals surface area (Å²) in [7, 11) is 0. The summed E-state index contributed by atoms with van der Waals surface area (Å²) in [6.45, 7) is 0. The number of nitrogens with one attached hydrogen (secondary N) is 2. The summed E-state index contributed by atoms with van der Waals surface area (Å²) in [4.78, 5) is 34.6. The van der Waals surface area contributed by atoms with Gasteiger partial charge in [0.1, 0.15) is 0 Å². The Morgan fingerprint density at radius 1 is 0.828 bits per heavy atom. The van der Waals surface area contributed by atoms with E-state index in [9.17, 15) is 19.7 Å². The number of hydrogen-bond acceptors (Lipinski definition) is 4. The molecule has 0 atom stereocenters. The normalized spacial score (nSPS) is 10.2. The molecule has 146 valence electrons. The maximum Gasteiger partial charge on any atom is 0.269 e. The minimum atomic E-state index is -0.508. The fraction of sp³-hybridized carbons (Fsp3) is 0.0476. The SMILES string of the molecule is O=C(Cc1ccc(Cl)cc1)Nc1ccc(C(=O)Nc2ccc([N+](=O)[O-])cc2)cc1. The van der Waals surface area contributed by atoms with Crippen molar-refractivity contribution in [1.82, 2.24) is 0 Å². The molecule has 8 heteroatoms. The number of benzene rings is 3. The lowest BCUT2D eigenvalue weighted by atomic mass is 10.1. The molecule has 0 aliphatic carbocycles. The van der Waals surface area contributed by atoms with Gasteiger partial charge in [0.25, 0.3) is 11.6 Å². The maximum atomic E-state index is 12.3. The number of anilines is 2. The Hall–Kier alpha value is -3.71. The molecular formula is C21H16ClN3O4. The monoisotopic (exact) mass is 409 g/mol. The molecule has 0 aliphatic rings. The first-order valence-corrected chi connectivity index (χ1v) is 8.99. The number of non-ortho nitro benzene ring substituents is 1. The van der Waals surface area contributed by atoms with Crippen LogP contribution in [0.1, 0.15) is 15.9 Å². The molecule has 0 aliphatic heterocycles. The molecule has 0 spiro atoms. The van der Waals surface area contributed by atoms with Crippen LogP contribution in [0, 0.1) is 10.1 Å². The number of carbonyl (C=O) groups is 2. The predicted octanol–water partition coefficient (Wildman–Crippen LogP) is 4.68. The van der Waals surface area contributed by atoms with Crippen LogP contribution in [0.3, 0.4) is 0 Å². The second-order valence-corrected chi connectivity index (χ2v) is 6.62. The summed E-state index contributed by atoms with van der Waals surface area (Å²) in [5.41, 5.74) is 2.18. The van der Waals surface area contributed by atoms with E-state index >= 15 is 0 Å². The van der Waals surface area contributed by atoms with Gasteiger partial charge in [-0.15, -0.1) is 0 Å². The average Bonchev–Trinajstić information content (AvgIpc) is 2.70. The number of rotatable bonds is 6. The number of hydrogen-bond donors (Lipinski definition) is 2. The van der Waals surface area contributed by atoms with Crippen LogP contribution in [0.2, 0.25) is 5.02 Å². The van der Waals surface area contributed by atoms with Crippen molar-refractivity contribution in [1.29, 1.82) is 0 Å². The molecule has 0 radical (unpaired) electrons. The summed E-state index contributed by atoms with van der Waals surface area (Å²) >= 11 is 5.83. The lowest BCUT2D eigenvalue weighted by Gasteiger charge is -2.08. The van der Waals surface area contributed by atoms with Crippen molar-refractivity contribution in [3.05, 3.63) is 99.1 Å². The minimum absolute atomic E-state index is 0.0540. The third-order valence-corrected chi connectivity index (χ3v) is 4.30. The molecule has 0 unspecified atom stereocenters. The lowest BCUT2D eigenvalue weighted by molar-refractivity contribution is -0.384. The zero-order valence-corrected chi connectivity index (χ0v) is 15.8. The fourth-order valence-electron chi connectivity index (χ4n) is 2.57. The first kappa shape index (κ1) is 20.0. The molecular weight excluding hydrogens is 394 g/mol. The van der Waals surface area contributed by atoms with E-state index in [1.54, 1.807) is 48.5 Å². The summed E-state index contributed by atoms with van der Waals surface area (Å²) in [6, 6.07) is 19.0. The highest BCUT2D eigenvalue weighted by Gasteiger charge is 2.09. The summed E-state index contributed by atoms with van der Waals surface area (Å²) < 4.78 is 0. The molecule has 29 heavy (non-hydrogen) atoms. The molecule has 0 saturated carbocycles. The molecule has 0 heterocycles. The highest BCUT2D eigenvalue weighted by Crippen LogP contribution is 2.17. The molecule has 7 nitrogen and oxygen atoms in total. The van der Waals surface area contributed by atoms with Crippen LogP contribution in [0.4, 0.5) is 17.1 Å². The van der Waals surface area contributed by atoms with E-state index in [-0.39, 0.29) is 23.9 Å². The van der Waals surface area contributed by atoms with Crippen LogP contribution in [0.15, 0.2) is 72.8 Å². The zero-order chi connectivity index (χ0) is 20.8. The van der Waals surface area contributed by atoms with Crippen LogP contribution in [-0.4, -0.2) is 16.7 Å². The Kier molecular flexibility index (Phi) is 6.21. The molecule has 0 fully saturated rings. The van der Waals surface area contributed by atoms with Crippen molar-refractivity contribution in [2.24, 2.45) is 0 Å². The van der Waals surface area contributed by atoms with E-state index in [0.717, 1.165) is 5.56 Å². The summed E-state index contributed by atoms with van der Waals surface area (Å²) in [5, 5.41) is 16.7. The largest absolute Gasteiger partial charge is 0.326 e. The number of halogens is 1. The van der Waals surface area contributed by atoms with Crippen LogP contribution in [0.5, 0.6) is 0 Å². The highest BCUT2D eigenvalue weighted by molar-refractivity contribution is 6.30. The molecule has 0 bridgehead atoms. The minimum Gasteiger partial charge on any atom is -0.326 e. The molecule has 0 saturated heterocycles. The molecule has 3 aromatic carbocycles. The molecule has 2 amide bonds. The maximum absolute atomic E-state index is 12.3. The Morgan fingerprint density at radius 2 is 1.38 bits per heavy atom. The van der Waals surface area contributed by atoms with E-state index in [1.807, 2.05) is 0 Å². The Labute approximate surface area is 171 Å². The lowest BCUT2D eigenvalue weighted by Crippen LogP contribution is -2.15. The topological polar surface area (TPSA) is 101 Å². The van der Waals surface area contributed by atoms with Crippen molar-refractivity contribution in [3.63, 3.8) is 0 Å². The van der Waals surface area contributed by atoms with Gasteiger partial charge < -0.3 is 10.6 Å². The number of amides is 2. The van der Waals surface area contributed by atoms with Gasteiger partial charge in [-0.05, 0) is 54.1 Å². The molecule has 3 rings (SSSR count). The predicted molar refractivity (Wildman–Crippen MR) is 111 cm³/mol. The number of nitrogens with zero attached hydrogens (tertiary/aromatic N) is 1. The van der Waals surface area contributed by atoms with Gasteiger partial charge in [-0.3, -0.25) is 19.7 Å². The van der Waals surface area contributed by atoms with Crippen molar-refractivity contribution < 1.29 is 14.5 Å². The van der Waals surface area contributed by atoms with E-state index in [1.165, 1.54) is 24.3 Å². The van der Waals surface area contributed by atoms with Crippen LogP contribution in [-0.2, 0) is 11.2 Å². The van der Waals surface area contributed by atoms with Gasteiger partial charge >= 0.3 is 0 Å². The molecule has 3 aromatic rings. The third-order valence-electron chi connectivity index (χ3n) is 4.04. The number of carbonyl (C=O) groups excluding carboxylic acids is 2. The number of nitro benzene ring substituents is 1. The smallest absolute Gasteiger partial charge is 0.269 e. The highest BCUT2D eigenvalue weighted by atomic mass is 35.5. The first-order valence-electron chi connectivity index (χ1n) is 8.61. The van der Waals surface area contributed by atoms with Crippen LogP contribution < -0.4 is 10.6 Å². The Morgan fingerprint density at radius 3 is 1.97 bits per heavy atom.